The number of alkyl halides is 6. The van der Waals surface area contributed by atoms with Crippen molar-refractivity contribution in [2.45, 2.75) is 43.9 Å². The van der Waals surface area contributed by atoms with E-state index in [1.165, 1.54) is 23.2 Å². The summed E-state index contributed by atoms with van der Waals surface area (Å²) in [4.78, 5) is 21.8. The zero-order chi connectivity index (χ0) is 28.5. The third-order valence-electron chi connectivity index (χ3n) is 6.70. The first-order chi connectivity index (χ1) is 18.3. The number of nitrogens with zero attached hydrogens (tertiary/aromatic N) is 1. The van der Waals surface area contributed by atoms with Gasteiger partial charge in [-0.05, 0) is 48.4 Å². The molecule has 0 unspecified atom stereocenters. The van der Waals surface area contributed by atoms with Crippen LogP contribution < -0.4 is 15.5 Å². The van der Waals surface area contributed by atoms with Crippen molar-refractivity contribution in [3.05, 3.63) is 57.1 Å². The van der Waals surface area contributed by atoms with Crippen molar-refractivity contribution in [2.75, 3.05) is 36.5 Å². The molecule has 1 fully saturated rings. The molecule has 5 rings (SSSR count). The van der Waals surface area contributed by atoms with E-state index in [-0.39, 0.29) is 0 Å². The Morgan fingerprint density at radius 3 is 2.38 bits per heavy atom. The van der Waals surface area contributed by atoms with E-state index in [4.69, 9.17) is 27.9 Å². The molecule has 14 heteroatoms. The largest absolute Gasteiger partial charge is 0.458 e. The van der Waals surface area contributed by atoms with E-state index in [1.807, 2.05) is 12.1 Å². The highest BCUT2D eigenvalue weighted by molar-refractivity contribution is 6.41. The lowest BCUT2D eigenvalue weighted by Gasteiger charge is -2.33. The molecule has 0 spiro atoms. The quantitative estimate of drug-likeness (QED) is 0.351. The molecule has 0 aliphatic carbocycles. The highest BCUT2D eigenvalue weighted by Crippen LogP contribution is 2.47. The minimum atomic E-state index is -5.77. The topological polar surface area (TPSA) is 70.7 Å². The van der Waals surface area contributed by atoms with Gasteiger partial charge in [0.25, 0.3) is 0 Å². The van der Waals surface area contributed by atoms with E-state index >= 15 is 0 Å². The van der Waals surface area contributed by atoms with E-state index in [9.17, 15) is 35.9 Å². The molecule has 2 aromatic carbocycles. The second-order valence-electron chi connectivity index (χ2n) is 9.23. The van der Waals surface area contributed by atoms with Crippen LogP contribution in [0, 0.1) is 0 Å². The molecule has 0 radical (unpaired) electrons. The van der Waals surface area contributed by atoms with Gasteiger partial charge >= 0.3 is 23.9 Å². The van der Waals surface area contributed by atoms with Gasteiger partial charge < -0.3 is 20.3 Å². The number of ether oxygens (including phenoxy) is 1. The lowest BCUT2D eigenvalue weighted by molar-refractivity contribution is -0.193. The average Bonchev–Trinajstić information content (AvgIpc) is 3.02. The number of benzene rings is 2. The van der Waals surface area contributed by atoms with Crippen LogP contribution in [0.25, 0.3) is 0 Å². The van der Waals surface area contributed by atoms with Crippen molar-refractivity contribution < 1.29 is 40.7 Å². The van der Waals surface area contributed by atoms with Crippen molar-refractivity contribution in [2.24, 2.45) is 0 Å². The fourth-order valence-electron chi connectivity index (χ4n) is 5.01. The Bertz CT molecular complexity index is 1230. The summed E-state index contributed by atoms with van der Waals surface area (Å²) in [5.41, 5.74) is 6.35. The Labute approximate surface area is 229 Å². The summed E-state index contributed by atoms with van der Waals surface area (Å²) in [6.45, 7) is 5.30. The number of halogens is 8. The Kier molecular flexibility index (Phi) is 8.70. The van der Waals surface area contributed by atoms with Gasteiger partial charge in [-0.25, -0.2) is 0 Å². The number of hydrogen-bond acceptors (Lipinski definition) is 6. The van der Waals surface area contributed by atoms with E-state index in [0.717, 1.165) is 37.5 Å². The number of fused-ring (bicyclic) bond motifs is 3. The zero-order valence-corrected chi connectivity index (χ0v) is 21.7. The van der Waals surface area contributed by atoms with Crippen LogP contribution in [0.1, 0.15) is 29.0 Å². The number of nitrogens with one attached hydrogen (secondary N) is 2. The molecule has 39 heavy (non-hydrogen) atoms. The summed E-state index contributed by atoms with van der Waals surface area (Å²) in [6, 6.07) is 10.8. The number of piperidine rings is 1. The first-order valence-corrected chi connectivity index (χ1v) is 12.7. The Morgan fingerprint density at radius 1 is 1.05 bits per heavy atom. The van der Waals surface area contributed by atoms with Gasteiger partial charge in [-0.3, -0.25) is 9.59 Å². The van der Waals surface area contributed by atoms with Crippen LogP contribution in [0.5, 0.6) is 0 Å². The molecule has 0 saturated carbocycles. The maximum absolute atomic E-state index is 11.2. The maximum Gasteiger partial charge on any atom is 0.458 e. The number of Topliss-reactive ketones (excluding diaryl/α,β-unsaturated/α-hetero) is 2. The van der Waals surface area contributed by atoms with Crippen molar-refractivity contribution in [1.82, 2.24) is 5.32 Å². The third kappa shape index (κ3) is 6.62. The fourth-order valence-corrected chi connectivity index (χ4v) is 5.48. The van der Waals surface area contributed by atoms with Gasteiger partial charge in [0, 0.05) is 58.6 Å². The molecule has 2 atom stereocenters. The molecule has 3 heterocycles. The molecule has 0 bridgehead atoms. The van der Waals surface area contributed by atoms with Gasteiger partial charge in [-0.1, -0.05) is 29.3 Å². The molecule has 212 valence electrons. The third-order valence-corrected chi connectivity index (χ3v) is 7.29. The normalized spacial score (nSPS) is 20.3. The Morgan fingerprint density at radius 2 is 1.74 bits per heavy atom. The fraction of sp³-hybridized carbons (Fsp3) is 0.440. The van der Waals surface area contributed by atoms with Crippen LogP contribution in [0.4, 0.5) is 37.7 Å². The molecular weight excluding hydrogens is 575 g/mol. The second-order valence-corrected chi connectivity index (χ2v) is 10.1. The molecular formula is C25H23Cl2F6N3O3. The standard InChI is InChI=1S/C21H23Cl2N3O.C4F6O2/c22-15-2-1-13(19(23)8-15)10-25-16-7-14-12-27-6-5-26-20-3-4-24-11-18(20)17(9-16)21(14)26;5-3(6,7)1(11)2(12)4(8,9)10/h1-2,7-9,18,20,24-25H,3-6,10-12H2;/t18-,20-;/m0./s1. The summed E-state index contributed by atoms with van der Waals surface area (Å²) in [6.07, 6.45) is -10.3. The molecule has 0 amide bonds. The molecule has 3 aliphatic heterocycles. The van der Waals surface area contributed by atoms with Gasteiger partial charge in [0.1, 0.15) is 0 Å². The predicted octanol–water partition coefficient (Wildman–Crippen LogP) is 5.65. The van der Waals surface area contributed by atoms with Gasteiger partial charge in [-0.2, -0.15) is 26.3 Å². The first kappa shape index (κ1) is 29.4. The molecule has 3 aliphatic rings. The van der Waals surface area contributed by atoms with Crippen LogP contribution in [-0.2, 0) is 27.5 Å². The summed E-state index contributed by atoms with van der Waals surface area (Å²) >= 11 is 12.3. The van der Waals surface area contributed by atoms with Crippen LogP contribution in [-0.4, -0.2) is 56.2 Å². The number of carbonyl (C=O) groups is 2. The summed E-state index contributed by atoms with van der Waals surface area (Å²) in [5.74, 6) is -6.25. The lowest BCUT2D eigenvalue weighted by Crippen LogP contribution is -2.44. The average molecular weight is 598 g/mol. The van der Waals surface area contributed by atoms with E-state index in [0.29, 0.717) is 35.2 Å². The Balaban J connectivity index is 0.000000251. The minimum Gasteiger partial charge on any atom is -0.381 e. The monoisotopic (exact) mass is 597 g/mol. The summed E-state index contributed by atoms with van der Waals surface area (Å²) in [5, 5.41) is 8.49. The second kappa shape index (κ2) is 11.5. The van der Waals surface area contributed by atoms with Crippen molar-refractivity contribution in [1.29, 1.82) is 0 Å². The highest BCUT2D eigenvalue weighted by Gasteiger charge is 2.54. The summed E-state index contributed by atoms with van der Waals surface area (Å²) in [7, 11) is 0. The Hall–Kier alpha value is -2.54. The van der Waals surface area contributed by atoms with Gasteiger partial charge in [0.05, 0.1) is 13.2 Å². The highest BCUT2D eigenvalue weighted by atomic mass is 35.5. The first-order valence-electron chi connectivity index (χ1n) is 11.9. The van der Waals surface area contributed by atoms with Crippen molar-refractivity contribution in [3.8, 4) is 0 Å². The molecule has 6 nitrogen and oxygen atoms in total. The zero-order valence-electron chi connectivity index (χ0n) is 20.2. The van der Waals surface area contributed by atoms with Crippen LogP contribution >= 0.6 is 23.2 Å². The SMILES string of the molecule is Clc1ccc(CNc2cc3c4c(c2)[C@@H]2CNCC[C@@H]2N4CCOC3)c(Cl)c1.O=C(C(=O)C(F)(F)F)C(F)(F)F. The van der Waals surface area contributed by atoms with Crippen LogP contribution in [0.3, 0.4) is 0 Å². The van der Waals surface area contributed by atoms with Gasteiger partial charge in [0.2, 0.25) is 0 Å². The van der Waals surface area contributed by atoms with E-state index in [1.54, 1.807) is 6.07 Å². The van der Waals surface area contributed by atoms with Crippen LogP contribution in [0.15, 0.2) is 30.3 Å². The molecule has 2 N–H and O–H groups in total. The molecule has 1 saturated heterocycles. The van der Waals surface area contributed by atoms with Gasteiger partial charge in [0.15, 0.2) is 0 Å². The summed E-state index contributed by atoms with van der Waals surface area (Å²) < 4.78 is 72.8. The lowest BCUT2D eigenvalue weighted by atomic mass is 9.89. The predicted molar refractivity (Wildman–Crippen MR) is 133 cm³/mol. The minimum absolute atomic E-state index is 0.562. The molecule has 2 aromatic rings. The number of ketones is 2. The van der Waals surface area contributed by atoms with E-state index in [2.05, 4.69) is 27.7 Å². The number of carbonyl (C=O) groups excluding carboxylic acids is 2. The molecule has 0 aromatic heterocycles. The van der Waals surface area contributed by atoms with Crippen molar-refractivity contribution in [3.63, 3.8) is 0 Å². The smallest absolute Gasteiger partial charge is 0.381 e. The van der Waals surface area contributed by atoms with E-state index < -0.39 is 23.9 Å². The number of anilines is 2. The van der Waals surface area contributed by atoms with Gasteiger partial charge in [-0.15, -0.1) is 0 Å². The maximum atomic E-state index is 11.2. The number of hydrogen-bond donors (Lipinski definition) is 2. The number of rotatable bonds is 4. The van der Waals surface area contributed by atoms with Crippen molar-refractivity contribution >= 4 is 46.1 Å². The van der Waals surface area contributed by atoms with Crippen LogP contribution in [0.2, 0.25) is 10.0 Å².